The molecule has 3 heterocycles. The van der Waals surface area contributed by atoms with Crippen LogP contribution in [0.3, 0.4) is 0 Å². The number of nitrogens with one attached hydrogen (secondary N) is 1. The lowest BCUT2D eigenvalue weighted by molar-refractivity contribution is -0.385. The van der Waals surface area contributed by atoms with Gasteiger partial charge in [-0.05, 0) is 40.5 Å². The van der Waals surface area contributed by atoms with Crippen LogP contribution >= 0.6 is 15.9 Å². The first kappa shape index (κ1) is 20.5. The number of carbonyl (C=O) groups excluding carboxylic acids is 1. The van der Waals surface area contributed by atoms with Crippen molar-refractivity contribution in [1.82, 2.24) is 24.7 Å². The maximum atomic E-state index is 12.7. The molecular formula is C19H16BrN7O4. The van der Waals surface area contributed by atoms with Gasteiger partial charge in [-0.3, -0.25) is 24.3 Å². The molecule has 0 saturated heterocycles. The van der Waals surface area contributed by atoms with Gasteiger partial charge in [0.2, 0.25) is 0 Å². The molecule has 0 atom stereocenters. The van der Waals surface area contributed by atoms with Crippen LogP contribution in [-0.4, -0.2) is 35.5 Å². The molecule has 0 spiro atoms. The third-order valence-corrected chi connectivity index (χ3v) is 4.92. The van der Waals surface area contributed by atoms with Crippen molar-refractivity contribution in [2.75, 3.05) is 5.32 Å². The molecule has 1 aromatic carbocycles. The Morgan fingerprint density at radius 1 is 1.16 bits per heavy atom. The molecule has 4 aromatic rings. The maximum Gasteiger partial charge on any atom is 0.307 e. The second-order valence-corrected chi connectivity index (χ2v) is 7.64. The van der Waals surface area contributed by atoms with E-state index in [1.807, 2.05) is 18.3 Å². The molecule has 0 unspecified atom stereocenters. The van der Waals surface area contributed by atoms with Crippen molar-refractivity contribution < 1.29 is 14.2 Å². The summed E-state index contributed by atoms with van der Waals surface area (Å²) in [4.78, 5) is 23.0. The van der Waals surface area contributed by atoms with Gasteiger partial charge in [0.25, 0.3) is 5.91 Å². The summed E-state index contributed by atoms with van der Waals surface area (Å²) in [6, 6.07) is 7.36. The Bertz CT molecular complexity index is 1240. The molecule has 0 fully saturated rings. The van der Waals surface area contributed by atoms with Crippen LogP contribution in [0.5, 0.6) is 0 Å². The maximum absolute atomic E-state index is 12.7. The normalized spacial score (nSPS) is 10.9. The van der Waals surface area contributed by atoms with Crippen LogP contribution in [0.1, 0.15) is 27.4 Å². The highest BCUT2D eigenvalue weighted by Crippen LogP contribution is 2.19. The summed E-state index contributed by atoms with van der Waals surface area (Å²) in [5, 5.41) is 25.6. The number of hydrogen-bond donors (Lipinski definition) is 1. The topological polar surface area (TPSA) is 134 Å². The second kappa shape index (κ2) is 8.52. The zero-order chi connectivity index (χ0) is 22.0. The Morgan fingerprint density at radius 2 is 1.87 bits per heavy atom. The molecule has 12 heteroatoms. The highest BCUT2D eigenvalue weighted by molar-refractivity contribution is 9.10. The average Bonchev–Trinajstić information content (AvgIpc) is 3.45. The van der Waals surface area contributed by atoms with Gasteiger partial charge >= 0.3 is 5.69 Å². The van der Waals surface area contributed by atoms with Gasteiger partial charge in [-0.1, -0.05) is 17.3 Å². The third-order valence-electron chi connectivity index (χ3n) is 4.51. The molecule has 1 N–H and O–H groups in total. The molecule has 3 aromatic heterocycles. The minimum atomic E-state index is -0.535. The molecule has 158 valence electrons. The van der Waals surface area contributed by atoms with Crippen molar-refractivity contribution in [3.05, 3.63) is 86.2 Å². The van der Waals surface area contributed by atoms with E-state index in [2.05, 4.69) is 36.6 Å². The van der Waals surface area contributed by atoms with Crippen molar-refractivity contribution in [2.24, 2.45) is 0 Å². The first-order valence-corrected chi connectivity index (χ1v) is 9.88. The van der Waals surface area contributed by atoms with E-state index in [0.29, 0.717) is 23.6 Å². The minimum absolute atomic E-state index is 0.0983. The summed E-state index contributed by atoms with van der Waals surface area (Å²) < 4.78 is 9.22. The van der Waals surface area contributed by atoms with Crippen LogP contribution in [0.4, 0.5) is 11.4 Å². The molecule has 31 heavy (non-hydrogen) atoms. The Labute approximate surface area is 183 Å². The van der Waals surface area contributed by atoms with Crippen LogP contribution < -0.4 is 5.32 Å². The summed E-state index contributed by atoms with van der Waals surface area (Å²) in [7, 11) is 0. The highest BCUT2D eigenvalue weighted by Gasteiger charge is 2.21. The lowest BCUT2D eigenvalue weighted by atomic mass is 10.1. The summed E-state index contributed by atoms with van der Waals surface area (Å²) in [5.41, 5.74) is 2.07. The van der Waals surface area contributed by atoms with E-state index < -0.39 is 10.8 Å². The Hall–Kier alpha value is -3.80. The number of anilines is 1. The van der Waals surface area contributed by atoms with Crippen molar-refractivity contribution >= 4 is 33.2 Å². The molecule has 0 aliphatic heterocycles. The zero-order valence-corrected chi connectivity index (χ0v) is 17.8. The second-order valence-electron chi connectivity index (χ2n) is 6.73. The Balaban J connectivity index is 1.45. The van der Waals surface area contributed by atoms with Crippen LogP contribution in [-0.2, 0) is 13.1 Å². The van der Waals surface area contributed by atoms with Gasteiger partial charge in [0.1, 0.15) is 18.2 Å². The Morgan fingerprint density at radius 3 is 2.52 bits per heavy atom. The van der Waals surface area contributed by atoms with E-state index in [4.69, 9.17) is 4.52 Å². The molecule has 4 rings (SSSR count). The number of halogens is 1. The number of carbonyl (C=O) groups is 1. The highest BCUT2D eigenvalue weighted by atomic mass is 79.9. The van der Waals surface area contributed by atoms with Crippen molar-refractivity contribution in [3.63, 3.8) is 0 Å². The first-order chi connectivity index (χ1) is 14.9. The van der Waals surface area contributed by atoms with Crippen molar-refractivity contribution in [3.8, 4) is 0 Å². The number of benzene rings is 1. The monoisotopic (exact) mass is 485 g/mol. The van der Waals surface area contributed by atoms with Gasteiger partial charge < -0.3 is 9.84 Å². The van der Waals surface area contributed by atoms with Gasteiger partial charge in [-0.25, -0.2) is 0 Å². The molecule has 0 aliphatic carbocycles. The quantitative estimate of drug-likeness (QED) is 0.313. The first-order valence-electron chi connectivity index (χ1n) is 9.09. The smallest absolute Gasteiger partial charge is 0.307 e. The summed E-state index contributed by atoms with van der Waals surface area (Å²) in [5.74, 6) is -0.0127. The van der Waals surface area contributed by atoms with Crippen LogP contribution in [0.2, 0.25) is 0 Å². The lowest BCUT2D eigenvalue weighted by Gasteiger charge is -2.07. The standard InChI is InChI=1S/C19H16BrN7O4/c1-12-17(11-26-10-16(7-22-26)27(29)30)18(24-31-12)19(28)23-15-4-2-13(3-5-15)8-25-9-14(20)6-21-25/h2-7,9-10H,8,11H2,1H3,(H,23,28). The number of aromatic nitrogens is 5. The molecule has 0 bridgehead atoms. The van der Waals surface area contributed by atoms with Crippen molar-refractivity contribution in [2.45, 2.75) is 20.0 Å². The SMILES string of the molecule is Cc1onc(C(=O)Nc2ccc(Cn3cc(Br)cn3)cc2)c1Cn1cc([N+](=O)[O-])cn1. The van der Waals surface area contributed by atoms with E-state index in [9.17, 15) is 14.9 Å². The largest absolute Gasteiger partial charge is 0.361 e. The van der Waals surface area contributed by atoms with Crippen LogP contribution in [0.25, 0.3) is 0 Å². The fraction of sp³-hybridized carbons (Fsp3) is 0.158. The zero-order valence-electron chi connectivity index (χ0n) is 16.2. The van der Waals surface area contributed by atoms with E-state index in [1.165, 1.54) is 10.9 Å². The number of nitrogens with zero attached hydrogens (tertiary/aromatic N) is 6. The van der Waals surface area contributed by atoms with Crippen LogP contribution in [0.15, 0.2) is 58.0 Å². The van der Waals surface area contributed by atoms with Crippen molar-refractivity contribution in [1.29, 1.82) is 0 Å². The number of hydrogen-bond acceptors (Lipinski definition) is 7. The van der Waals surface area contributed by atoms with Gasteiger partial charge in [-0.15, -0.1) is 0 Å². The fourth-order valence-corrected chi connectivity index (χ4v) is 3.27. The number of aryl methyl sites for hydroxylation is 1. The van der Waals surface area contributed by atoms with Gasteiger partial charge in [0.15, 0.2) is 5.69 Å². The third kappa shape index (κ3) is 4.69. The van der Waals surface area contributed by atoms with Gasteiger partial charge in [-0.2, -0.15) is 10.2 Å². The number of amides is 1. The predicted molar refractivity (Wildman–Crippen MR) is 113 cm³/mol. The molecule has 1 amide bonds. The molecular weight excluding hydrogens is 470 g/mol. The van der Waals surface area contributed by atoms with Crippen LogP contribution in [0, 0.1) is 17.0 Å². The average molecular weight is 486 g/mol. The Kier molecular flexibility index (Phi) is 5.62. The summed E-state index contributed by atoms with van der Waals surface area (Å²) >= 11 is 3.36. The molecule has 0 aliphatic rings. The number of nitro groups is 1. The van der Waals surface area contributed by atoms with E-state index in [1.54, 1.807) is 29.9 Å². The molecule has 0 radical (unpaired) electrons. The fourth-order valence-electron chi connectivity index (χ4n) is 2.95. The molecule has 0 saturated carbocycles. The van der Waals surface area contributed by atoms with E-state index >= 15 is 0 Å². The van der Waals surface area contributed by atoms with Gasteiger partial charge in [0, 0.05) is 17.4 Å². The summed E-state index contributed by atoms with van der Waals surface area (Å²) in [6.45, 7) is 2.38. The summed E-state index contributed by atoms with van der Waals surface area (Å²) in [6.07, 6.45) is 6.02. The molecule has 11 nitrogen and oxygen atoms in total. The predicted octanol–water partition coefficient (Wildman–Crippen LogP) is 3.40. The van der Waals surface area contributed by atoms with E-state index in [0.717, 1.165) is 16.2 Å². The number of rotatable bonds is 7. The van der Waals surface area contributed by atoms with E-state index in [-0.39, 0.29) is 17.9 Å². The lowest BCUT2D eigenvalue weighted by Crippen LogP contribution is -2.16. The van der Waals surface area contributed by atoms with Gasteiger partial charge in [0.05, 0.1) is 28.7 Å². The minimum Gasteiger partial charge on any atom is -0.361 e.